The number of benzene rings is 2. The van der Waals surface area contributed by atoms with Gasteiger partial charge in [-0.05, 0) is 41.1 Å². The summed E-state index contributed by atoms with van der Waals surface area (Å²) in [4.78, 5) is 35.9. The summed E-state index contributed by atoms with van der Waals surface area (Å²) >= 11 is 1.16. The monoisotopic (exact) mass is 709 g/mol. The number of para-hydroxylation sites is 1. The van der Waals surface area contributed by atoms with Crippen molar-refractivity contribution in [2.24, 2.45) is 4.40 Å². The number of aliphatic hydroxyl groups is 1. The molecule has 0 saturated carbocycles. The third-order valence-corrected chi connectivity index (χ3v) is 12.7. The van der Waals surface area contributed by atoms with Crippen LogP contribution >= 0.6 is 11.3 Å². The lowest BCUT2D eigenvalue weighted by molar-refractivity contribution is -0.172. The molecule has 1 fully saturated rings. The molecule has 8 rings (SSSR count). The number of nitrogens with zero attached hydrogens (tertiary/aromatic N) is 5. The largest absolute Gasteiger partial charge is 0.458 e. The van der Waals surface area contributed by atoms with Crippen LogP contribution in [0.1, 0.15) is 41.2 Å². The Bertz CT molecular complexity index is 2330. The van der Waals surface area contributed by atoms with E-state index < -0.39 is 21.6 Å². The molecule has 0 amide bonds. The summed E-state index contributed by atoms with van der Waals surface area (Å²) in [5, 5.41) is 14.0. The maximum Gasteiger partial charge on any atom is 0.343 e. The van der Waals surface area contributed by atoms with Crippen molar-refractivity contribution in [3.63, 3.8) is 0 Å². The second kappa shape index (κ2) is 12.6. The fourth-order valence-corrected chi connectivity index (χ4v) is 9.27. The van der Waals surface area contributed by atoms with Crippen LogP contribution in [-0.2, 0) is 51.3 Å². The lowest BCUT2D eigenvalue weighted by atomic mass is 9.86. The number of hydrogen-bond donors (Lipinski definition) is 1. The molecule has 0 unspecified atom stereocenters. The highest BCUT2D eigenvalue weighted by Crippen LogP contribution is 2.40. The van der Waals surface area contributed by atoms with Crippen LogP contribution in [-0.4, -0.2) is 70.9 Å². The van der Waals surface area contributed by atoms with E-state index in [-0.39, 0.29) is 22.8 Å². The number of hydrogen-bond acceptors (Lipinski definition) is 9. The third-order valence-electron chi connectivity index (χ3n) is 10.0. The number of aromatic nitrogens is 2. The minimum absolute atomic E-state index is 0.0781. The summed E-state index contributed by atoms with van der Waals surface area (Å²) < 4.78 is 38.0. The fraction of sp³-hybridized carbons (Fsp3) is 0.297. The fourth-order valence-electron chi connectivity index (χ4n) is 7.26. The van der Waals surface area contributed by atoms with Gasteiger partial charge in [-0.25, -0.2) is 9.78 Å². The van der Waals surface area contributed by atoms with Gasteiger partial charge in [0.15, 0.2) is 5.60 Å². The van der Waals surface area contributed by atoms with Crippen molar-refractivity contribution in [3.05, 3.63) is 116 Å². The van der Waals surface area contributed by atoms with Crippen molar-refractivity contribution in [3.8, 4) is 11.4 Å². The van der Waals surface area contributed by atoms with Gasteiger partial charge in [0.2, 0.25) is 0 Å². The molecule has 0 radical (unpaired) electrons. The number of esters is 1. The average Bonchev–Trinajstić information content (AvgIpc) is 3.81. The molecule has 11 nitrogen and oxygen atoms in total. The van der Waals surface area contributed by atoms with Gasteiger partial charge in [-0.1, -0.05) is 61.5 Å². The zero-order valence-electron chi connectivity index (χ0n) is 27.4. The quantitative estimate of drug-likeness (QED) is 0.146. The van der Waals surface area contributed by atoms with Crippen LogP contribution in [0.4, 0.5) is 0 Å². The Morgan fingerprint density at radius 3 is 2.50 bits per heavy atom. The summed E-state index contributed by atoms with van der Waals surface area (Å²) in [6.45, 7) is 4.95. The van der Waals surface area contributed by atoms with E-state index >= 15 is 0 Å². The number of fused-ring (bicyclic) bond motifs is 5. The number of thiophene rings is 1. The number of pyridine rings is 2. The van der Waals surface area contributed by atoms with Crippen molar-refractivity contribution < 1.29 is 23.1 Å². The number of rotatable bonds is 7. The highest BCUT2D eigenvalue weighted by atomic mass is 32.2. The minimum atomic E-state index is -3.85. The van der Waals surface area contributed by atoms with Crippen LogP contribution in [0.15, 0.2) is 91.6 Å². The Kier molecular flexibility index (Phi) is 8.17. The minimum Gasteiger partial charge on any atom is -0.458 e. The highest BCUT2D eigenvalue weighted by molar-refractivity contribution is 7.92. The number of amidine groups is 1. The predicted octanol–water partition coefficient (Wildman–Crippen LogP) is 4.29. The molecule has 1 atom stereocenters. The summed E-state index contributed by atoms with van der Waals surface area (Å²) in [5.41, 5.74) is 3.43. The van der Waals surface area contributed by atoms with Gasteiger partial charge in [-0.15, -0.1) is 15.7 Å². The van der Waals surface area contributed by atoms with Crippen LogP contribution in [0, 0.1) is 0 Å². The van der Waals surface area contributed by atoms with E-state index in [1.54, 1.807) is 35.1 Å². The molecule has 0 aliphatic carbocycles. The maximum atomic E-state index is 13.8. The average molecular weight is 710 g/mol. The number of piperazine rings is 1. The molecule has 13 heteroatoms. The topological polar surface area (TPSA) is 134 Å². The SMILES string of the molecule is CC[C@@]1(O)C(=O)OCc2c1cc1n(c2=O)Cc2c-1nc1ccccc1c2CN1CCN(/C(Cc2ccccc2)=N\S(=O)(=O)c2cccs2)CC1. The lowest BCUT2D eigenvalue weighted by Gasteiger charge is -2.37. The molecule has 5 aromatic rings. The number of sulfonamides is 1. The molecule has 256 valence electrons. The van der Waals surface area contributed by atoms with Crippen molar-refractivity contribution in [2.75, 3.05) is 26.2 Å². The Hall–Kier alpha value is -4.69. The standard InChI is InChI=1S/C37H35N5O6S2/c1-2-37(45)29-20-31-34-27(22-42(31)35(43)28(29)23-48-36(37)44)26(25-11-6-7-12-30(25)38-34)21-40-14-16-41(17-15-40)32(19-24-9-4-3-5-10-24)39-50(46,47)33-13-8-18-49-33/h3-13,18,20,45H,2,14-17,19,21-23H2,1H3/b39-32-/t37-/m0/s1. The Labute approximate surface area is 293 Å². The molecule has 0 bridgehead atoms. The second-order valence-electron chi connectivity index (χ2n) is 12.9. The molecule has 2 aromatic carbocycles. The summed E-state index contributed by atoms with van der Waals surface area (Å²) in [5.74, 6) is -0.227. The Morgan fingerprint density at radius 1 is 1.00 bits per heavy atom. The molecule has 50 heavy (non-hydrogen) atoms. The molecule has 3 aliphatic heterocycles. The van der Waals surface area contributed by atoms with E-state index in [2.05, 4.69) is 14.2 Å². The van der Waals surface area contributed by atoms with Crippen LogP contribution in [0.2, 0.25) is 0 Å². The van der Waals surface area contributed by atoms with E-state index in [0.29, 0.717) is 74.0 Å². The van der Waals surface area contributed by atoms with Crippen molar-refractivity contribution >= 4 is 44.1 Å². The lowest BCUT2D eigenvalue weighted by Crippen LogP contribution is -2.49. The molecular weight excluding hydrogens is 675 g/mol. The molecule has 3 aliphatic rings. The summed E-state index contributed by atoms with van der Waals surface area (Å²) in [7, 11) is -3.85. The number of carbonyl (C=O) groups is 1. The van der Waals surface area contributed by atoms with Gasteiger partial charge in [0.25, 0.3) is 15.6 Å². The van der Waals surface area contributed by atoms with Crippen molar-refractivity contribution in [1.82, 2.24) is 19.4 Å². The van der Waals surface area contributed by atoms with Gasteiger partial charge in [0, 0.05) is 55.7 Å². The van der Waals surface area contributed by atoms with E-state index in [1.165, 1.54) is 0 Å². The highest BCUT2D eigenvalue weighted by Gasteiger charge is 2.45. The number of ether oxygens (including phenoxy) is 1. The van der Waals surface area contributed by atoms with Gasteiger partial charge >= 0.3 is 5.97 Å². The van der Waals surface area contributed by atoms with E-state index in [0.717, 1.165) is 38.9 Å². The first kappa shape index (κ1) is 32.5. The number of cyclic esters (lactones) is 1. The predicted molar refractivity (Wildman–Crippen MR) is 190 cm³/mol. The van der Waals surface area contributed by atoms with Gasteiger partial charge in [-0.3, -0.25) is 9.69 Å². The smallest absolute Gasteiger partial charge is 0.343 e. The van der Waals surface area contributed by atoms with Crippen LogP contribution in [0.25, 0.3) is 22.3 Å². The maximum absolute atomic E-state index is 13.8. The summed E-state index contributed by atoms with van der Waals surface area (Å²) in [6, 6.07) is 22.7. The zero-order chi connectivity index (χ0) is 34.6. The molecule has 1 N–H and O–H groups in total. The molecular formula is C37H35N5O6S2. The van der Waals surface area contributed by atoms with E-state index in [9.17, 15) is 23.1 Å². The first-order chi connectivity index (χ1) is 24.2. The molecule has 3 aromatic heterocycles. The van der Waals surface area contributed by atoms with Crippen LogP contribution < -0.4 is 5.56 Å². The second-order valence-corrected chi connectivity index (χ2v) is 15.7. The Morgan fingerprint density at radius 2 is 1.76 bits per heavy atom. The van der Waals surface area contributed by atoms with E-state index in [1.807, 2.05) is 54.6 Å². The van der Waals surface area contributed by atoms with Crippen molar-refractivity contribution in [2.45, 2.75) is 49.3 Å². The summed E-state index contributed by atoms with van der Waals surface area (Å²) in [6.07, 6.45) is 0.476. The van der Waals surface area contributed by atoms with Gasteiger partial charge < -0.3 is 19.3 Å². The molecule has 1 saturated heterocycles. The Balaban J connectivity index is 1.11. The van der Waals surface area contributed by atoms with Gasteiger partial charge in [0.05, 0.1) is 29.0 Å². The normalized spacial score (nSPS) is 19.3. The van der Waals surface area contributed by atoms with Gasteiger partial charge in [-0.2, -0.15) is 8.42 Å². The van der Waals surface area contributed by atoms with Crippen LogP contribution in [0.5, 0.6) is 0 Å². The first-order valence-electron chi connectivity index (χ1n) is 16.6. The van der Waals surface area contributed by atoms with E-state index in [4.69, 9.17) is 9.72 Å². The van der Waals surface area contributed by atoms with Crippen molar-refractivity contribution in [1.29, 1.82) is 0 Å². The molecule has 6 heterocycles. The van der Waals surface area contributed by atoms with Gasteiger partial charge in [0.1, 0.15) is 16.7 Å². The zero-order valence-corrected chi connectivity index (χ0v) is 29.0. The third kappa shape index (κ3) is 5.54. The molecule has 0 spiro atoms. The first-order valence-corrected chi connectivity index (χ1v) is 18.9. The van der Waals surface area contributed by atoms with Crippen LogP contribution in [0.3, 0.4) is 0 Å². The number of carbonyl (C=O) groups excluding carboxylic acids is 1.